The third-order valence-electron chi connectivity index (χ3n) is 7.26. The van der Waals surface area contributed by atoms with Crippen molar-refractivity contribution in [3.05, 3.63) is 78.0 Å². The second-order valence-corrected chi connectivity index (χ2v) is 11.1. The number of carbonyl (C=O) groups excluding carboxylic acids is 3. The highest BCUT2D eigenvalue weighted by Crippen LogP contribution is 2.46. The maximum atomic E-state index is 13.5. The highest BCUT2D eigenvalue weighted by molar-refractivity contribution is 7.21. The van der Waals surface area contributed by atoms with Gasteiger partial charge in [0.25, 0.3) is 5.91 Å². The Kier molecular flexibility index (Phi) is 7.10. The smallest absolute Gasteiger partial charge is 0.331 e. The summed E-state index contributed by atoms with van der Waals surface area (Å²) in [5.74, 6) is 0.589. The second kappa shape index (κ2) is 11.0. The van der Waals surface area contributed by atoms with Crippen LogP contribution in [-0.2, 0) is 4.79 Å². The van der Waals surface area contributed by atoms with Crippen LogP contribution in [0.2, 0.25) is 0 Å². The lowest BCUT2D eigenvalue weighted by Gasteiger charge is -2.30. The van der Waals surface area contributed by atoms with E-state index in [1.807, 2.05) is 37.3 Å². The van der Waals surface area contributed by atoms with Gasteiger partial charge in [-0.1, -0.05) is 24.8 Å². The zero-order chi connectivity index (χ0) is 28.5. The van der Waals surface area contributed by atoms with Crippen LogP contribution in [0.4, 0.5) is 21.9 Å². The first-order valence-corrected chi connectivity index (χ1v) is 14.2. The lowest BCUT2D eigenvalue weighted by Crippen LogP contribution is -2.45. The first-order chi connectivity index (χ1) is 19.9. The van der Waals surface area contributed by atoms with E-state index in [1.165, 1.54) is 17.4 Å². The lowest BCUT2D eigenvalue weighted by molar-refractivity contribution is -0.117. The topological polar surface area (TPSA) is 126 Å². The molecule has 3 N–H and O–H groups in total. The van der Waals surface area contributed by atoms with Gasteiger partial charge in [-0.15, -0.1) is 11.3 Å². The molecule has 0 spiro atoms. The van der Waals surface area contributed by atoms with Crippen molar-refractivity contribution in [1.29, 1.82) is 0 Å². The summed E-state index contributed by atoms with van der Waals surface area (Å²) in [5, 5.41) is 9.67. The number of ether oxygens (including phenoxy) is 1. The Morgan fingerprint density at radius 2 is 1.90 bits per heavy atom. The first kappa shape index (κ1) is 26.5. The fraction of sp³-hybridized carbons (Fsp3) is 0.233. The van der Waals surface area contributed by atoms with Gasteiger partial charge in [0.2, 0.25) is 11.8 Å². The van der Waals surface area contributed by atoms with Gasteiger partial charge in [-0.25, -0.2) is 14.8 Å². The van der Waals surface area contributed by atoms with Crippen LogP contribution >= 0.6 is 11.3 Å². The molecule has 1 aliphatic heterocycles. The molecule has 0 saturated heterocycles. The number of nitrogens with zero attached hydrogens (tertiary/aromatic N) is 3. The van der Waals surface area contributed by atoms with Gasteiger partial charge in [-0.2, -0.15) is 0 Å². The number of thiophene rings is 1. The molecule has 1 saturated carbocycles. The minimum absolute atomic E-state index is 0.0248. The maximum absolute atomic E-state index is 13.5. The minimum atomic E-state index is -0.399. The van der Waals surface area contributed by atoms with Gasteiger partial charge >= 0.3 is 6.03 Å². The molecule has 4 amide bonds. The normalized spacial score (nSPS) is 18.0. The summed E-state index contributed by atoms with van der Waals surface area (Å²) in [6.45, 7) is 5.39. The molecule has 2 aliphatic rings. The van der Waals surface area contributed by atoms with Crippen LogP contribution < -0.4 is 25.6 Å². The molecule has 2 atom stereocenters. The van der Waals surface area contributed by atoms with Gasteiger partial charge in [0.1, 0.15) is 15.5 Å². The predicted octanol–water partition coefficient (Wildman–Crippen LogP) is 5.82. The van der Waals surface area contributed by atoms with E-state index >= 15 is 0 Å². The standard InChI is InChI=1S/C30H28N6O4S/c1-3-23(37)33-18-8-7-9-19(15-18)34-28(38)27-26-25-21(12-13-31-29(25)41-27)36(30(39)35-26)22-16-32-24(14-17(22)2)40-20-10-5-4-6-11-20/h3-6,10-14,16,18-19H,1,7-9,15H2,2H3,(H,33,37)(H,34,38)(H,35,39)/t18-,19-/m0/s1. The number of aryl methyl sites for hydroxylation is 1. The van der Waals surface area contributed by atoms with E-state index in [0.29, 0.717) is 50.2 Å². The molecular weight excluding hydrogens is 540 g/mol. The van der Waals surface area contributed by atoms with E-state index in [2.05, 4.69) is 32.5 Å². The van der Waals surface area contributed by atoms with Crippen LogP contribution in [0.1, 0.15) is 40.9 Å². The van der Waals surface area contributed by atoms with Crippen molar-refractivity contribution in [2.45, 2.75) is 44.7 Å². The fourth-order valence-corrected chi connectivity index (χ4v) is 6.39. The van der Waals surface area contributed by atoms with Crippen molar-refractivity contribution in [2.75, 3.05) is 10.2 Å². The number of urea groups is 1. The molecule has 41 heavy (non-hydrogen) atoms. The summed E-state index contributed by atoms with van der Waals surface area (Å²) in [6, 6.07) is 12.4. The molecule has 4 heterocycles. The molecule has 11 heteroatoms. The minimum Gasteiger partial charge on any atom is -0.439 e. The molecule has 6 rings (SSSR count). The largest absolute Gasteiger partial charge is 0.439 e. The number of hydrogen-bond donors (Lipinski definition) is 3. The van der Waals surface area contributed by atoms with Crippen molar-refractivity contribution in [1.82, 2.24) is 20.6 Å². The van der Waals surface area contributed by atoms with Gasteiger partial charge < -0.3 is 20.7 Å². The highest BCUT2D eigenvalue weighted by atomic mass is 32.1. The van der Waals surface area contributed by atoms with Crippen LogP contribution in [-0.4, -0.2) is 39.9 Å². The summed E-state index contributed by atoms with van der Waals surface area (Å²) in [4.78, 5) is 50.2. The number of pyridine rings is 2. The molecule has 208 valence electrons. The molecule has 0 radical (unpaired) electrons. The lowest BCUT2D eigenvalue weighted by atomic mass is 9.91. The molecule has 1 aromatic carbocycles. The van der Waals surface area contributed by atoms with E-state index < -0.39 is 6.03 Å². The first-order valence-electron chi connectivity index (χ1n) is 13.4. The number of para-hydroxylation sites is 1. The third-order valence-corrected chi connectivity index (χ3v) is 8.35. The maximum Gasteiger partial charge on any atom is 0.331 e. The Balaban J connectivity index is 1.27. The van der Waals surface area contributed by atoms with Crippen molar-refractivity contribution >= 4 is 56.5 Å². The molecule has 4 aromatic rings. The van der Waals surface area contributed by atoms with E-state index in [-0.39, 0.29) is 23.9 Å². The van der Waals surface area contributed by atoms with Crippen LogP contribution in [0.5, 0.6) is 11.6 Å². The van der Waals surface area contributed by atoms with Gasteiger partial charge in [-0.05, 0) is 62.4 Å². The SMILES string of the molecule is C=CC(=O)N[C@H]1CCC[C@H](NC(=O)c2sc3nccc4c3c2NC(=O)N4c2cnc(Oc3ccccc3)cc2C)C1. The number of anilines is 3. The van der Waals surface area contributed by atoms with Crippen LogP contribution in [0.25, 0.3) is 10.2 Å². The van der Waals surface area contributed by atoms with Crippen molar-refractivity contribution in [3.8, 4) is 11.6 Å². The summed E-state index contributed by atoms with van der Waals surface area (Å²) in [6.07, 6.45) is 7.67. The zero-order valence-corrected chi connectivity index (χ0v) is 23.2. The summed E-state index contributed by atoms with van der Waals surface area (Å²) >= 11 is 1.24. The average Bonchev–Trinajstić information content (AvgIpc) is 3.34. The van der Waals surface area contributed by atoms with E-state index in [4.69, 9.17) is 4.74 Å². The third kappa shape index (κ3) is 5.23. The summed E-state index contributed by atoms with van der Waals surface area (Å²) in [5.41, 5.74) is 2.45. The summed E-state index contributed by atoms with van der Waals surface area (Å²) in [7, 11) is 0. The van der Waals surface area contributed by atoms with Gasteiger partial charge in [0.15, 0.2) is 0 Å². The van der Waals surface area contributed by atoms with E-state index in [9.17, 15) is 14.4 Å². The van der Waals surface area contributed by atoms with Gasteiger partial charge in [0.05, 0.1) is 28.6 Å². The number of benzene rings is 1. The molecule has 0 bridgehead atoms. The number of aromatic nitrogens is 2. The number of carbonyl (C=O) groups is 3. The molecule has 1 fully saturated rings. The van der Waals surface area contributed by atoms with Gasteiger partial charge in [-0.3, -0.25) is 14.5 Å². The number of hydrogen-bond acceptors (Lipinski definition) is 7. The average molecular weight is 569 g/mol. The fourth-order valence-electron chi connectivity index (χ4n) is 5.37. The Hall–Kier alpha value is -4.77. The molecule has 3 aromatic heterocycles. The van der Waals surface area contributed by atoms with Crippen LogP contribution in [0.3, 0.4) is 0 Å². The number of rotatable bonds is 7. The van der Waals surface area contributed by atoms with E-state index in [0.717, 1.165) is 24.8 Å². The monoisotopic (exact) mass is 568 g/mol. The zero-order valence-electron chi connectivity index (χ0n) is 22.3. The Morgan fingerprint density at radius 1 is 1.12 bits per heavy atom. The van der Waals surface area contributed by atoms with Crippen molar-refractivity contribution in [3.63, 3.8) is 0 Å². The Bertz CT molecular complexity index is 1670. The number of nitrogens with one attached hydrogen (secondary N) is 3. The second-order valence-electron chi connectivity index (χ2n) is 10.1. The Morgan fingerprint density at radius 3 is 2.66 bits per heavy atom. The van der Waals surface area contributed by atoms with Crippen molar-refractivity contribution < 1.29 is 19.1 Å². The Labute approximate surface area is 240 Å². The predicted molar refractivity (Wildman–Crippen MR) is 158 cm³/mol. The molecular formula is C30H28N6O4S. The molecule has 10 nitrogen and oxygen atoms in total. The highest BCUT2D eigenvalue weighted by Gasteiger charge is 2.34. The van der Waals surface area contributed by atoms with Gasteiger partial charge in [0, 0.05) is 24.3 Å². The van der Waals surface area contributed by atoms with Crippen molar-refractivity contribution in [2.24, 2.45) is 0 Å². The quantitative estimate of drug-likeness (QED) is 0.241. The van der Waals surface area contributed by atoms with Crippen LogP contribution in [0.15, 0.2) is 67.5 Å². The van der Waals surface area contributed by atoms with E-state index in [1.54, 1.807) is 29.4 Å². The van der Waals surface area contributed by atoms with Crippen LogP contribution in [0, 0.1) is 6.92 Å². The number of amides is 4. The molecule has 0 unspecified atom stereocenters. The summed E-state index contributed by atoms with van der Waals surface area (Å²) < 4.78 is 5.86. The molecule has 1 aliphatic carbocycles.